The Labute approximate surface area is 131 Å². The maximum absolute atomic E-state index is 12.5. The van der Waals surface area contributed by atoms with E-state index in [-0.39, 0.29) is 29.3 Å². The molecule has 0 saturated carbocycles. The Balaban J connectivity index is 2.30. The molecule has 0 spiro atoms. The van der Waals surface area contributed by atoms with Crippen molar-refractivity contribution in [2.45, 2.75) is 38.8 Å². The van der Waals surface area contributed by atoms with Gasteiger partial charge in [-0.15, -0.1) is 0 Å². The molecule has 1 N–H and O–H groups in total. The molecule has 1 aromatic heterocycles. The average Bonchev–Trinajstić information content (AvgIpc) is 2.98. The van der Waals surface area contributed by atoms with E-state index in [1.807, 2.05) is 38.9 Å². The lowest BCUT2D eigenvalue weighted by Crippen LogP contribution is -2.44. The van der Waals surface area contributed by atoms with Crippen molar-refractivity contribution in [1.82, 2.24) is 20.0 Å². The van der Waals surface area contributed by atoms with Gasteiger partial charge < -0.3 is 10.2 Å². The van der Waals surface area contributed by atoms with E-state index >= 15 is 0 Å². The summed E-state index contributed by atoms with van der Waals surface area (Å²) >= 11 is 0. The number of hydrogen-bond acceptors (Lipinski definition) is 3. The first-order valence-electron chi connectivity index (χ1n) is 7.45. The summed E-state index contributed by atoms with van der Waals surface area (Å²) in [6, 6.07) is -0.0775. The summed E-state index contributed by atoms with van der Waals surface area (Å²) in [5.41, 5.74) is 0.718. The van der Waals surface area contributed by atoms with Gasteiger partial charge in [0.2, 0.25) is 11.8 Å². The molecule has 1 fully saturated rings. The number of likely N-dealkylation sites (tertiary alicyclic amines) is 1. The first-order chi connectivity index (χ1) is 10.2. The van der Waals surface area contributed by atoms with Crippen LogP contribution in [0.2, 0.25) is 0 Å². The van der Waals surface area contributed by atoms with Crippen LogP contribution < -0.4 is 5.32 Å². The molecule has 6 heteroatoms. The van der Waals surface area contributed by atoms with E-state index in [0.717, 1.165) is 5.56 Å². The lowest BCUT2D eigenvalue weighted by Gasteiger charge is -2.38. The summed E-state index contributed by atoms with van der Waals surface area (Å²) < 4.78 is 1.73. The number of nitrogens with one attached hydrogen (secondary N) is 1. The van der Waals surface area contributed by atoms with Crippen LogP contribution in [0.4, 0.5) is 0 Å². The predicted molar refractivity (Wildman–Crippen MR) is 83.9 cm³/mol. The van der Waals surface area contributed by atoms with Gasteiger partial charge in [-0.3, -0.25) is 14.3 Å². The van der Waals surface area contributed by atoms with Gasteiger partial charge in [-0.1, -0.05) is 6.58 Å². The van der Waals surface area contributed by atoms with Crippen LogP contribution in [0.1, 0.15) is 38.8 Å². The third-order valence-electron chi connectivity index (χ3n) is 3.94. The molecule has 6 nitrogen and oxygen atoms in total. The maximum Gasteiger partial charge on any atom is 0.243 e. The Kier molecular flexibility index (Phi) is 4.39. The zero-order valence-corrected chi connectivity index (χ0v) is 13.7. The maximum atomic E-state index is 12.5. The fraction of sp³-hybridized carbons (Fsp3) is 0.562. The number of aromatic nitrogens is 2. The van der Waals surface area contributed by atoms with Crippen molar-refractivity contribution in [3.05, 3.63) is 30.6 Å². The minimum Gasteiger partial charge on any atom is -0.352 e. The minimum absolute atomic E-state index is 0.0276. The molecule has 120 valence electrons. The monoisotopic (exact) mass is 304 g/mol. The van der Waals surface area contributed by atoms with Crippen LogP contribution in [-0.4, -0.2) is 38.6 Å². The van der Waals surface area contributed by atoms with Crippen molar-refractivity contribution in [3.63, 3.8) is 0 Å². The average molecular weight is 304 g/mol. The zero-order chi connectivity index (χ0) is 16.5. The molecule has 1 aromatic rings. The third kappa shape index (κ3) is 3.21. The minimum atomic E-state index is -0.283. The second kappa shape index (κ2) is 5.94. The van der Waals surface area contributed by atoms with Gasteiger partial charge in [0.1, 0.15) is 0 Å². The van der Waals surface area contributed by atoms with Crippen molar-refractivity contribution in [2.24, 2.45) is 13.0 Å². The van der Waals surface area contributed by atoms with Crippen LogP contribution in [0.15, 0.2) is 25.0 Å². The van der Waals surface area contributed by atoms with Gasteiger partial charge in [0, 0.05) is 43.2 Å². The van der Waals surface area contributed by atoms with Crippen molar-refractivity contribution in [3.8, 4) is 0 Å². The Bertz CT molecular complexity index is 585. The molecule has 0 aliphatic carbocycles. The van der Waals surface area contributed by atoms with Crippen molar-refractivity contribution >= 4 is 11.8 Å². The molecule has 2 amide bonds. The highest BCUT2D eigenvalue weighted by atomic mass is 16.2. The lowest BCUT2D eigenvalue weighted by molar-refractivity contribution is -0.133. The number of rotatable bonds is 4. The van der Waals surface area contributed by atoms with Crippen LogP contribution in [0, 0.1) is 5.92 Å². The van der Waals surface area contributed by atoms with E-state index < -0.39 is 0 Å². The highest BCUT2D eigenvalue weighted by Crippen LogP contribution is 2.41. The first kappa shape index (κ1) is 16.3. The van der Waals surface area contributed by atoms with E-state index in [9.17, 15) is 9.59 Å². The van der Waals surface area contributed by atoms with Gasteiger partial charge in [-0.25, -0.2) is 0 Å². The van der Waals surface area contributed by atoms with Crippen LogP contribution >= 0.6 is 0 Å². The number of hydrogen-bond donors (Lipinski definition) is 1. The van der Waals surface area contributed by atoms with Crippen LogP contribution in [0.3, 0.4) is 0 Å². The van der Waals surface area contributed by atoms with Crippen molar-refractivity contribution < 1.29 is 9.59 Å². The molecule has 0 aromatic carbocycles. The van der Waals surface area contributed by atoms with Gasteiger partial charge in [-0.2, -0.15) is 5.10 Å². The van der Waals surface area contributed by atoms with E-state index in [1.54, 1.807) is 10.9 Å². The molecule has 2 atom stereocenters. The summed E-state index contributed by atoms with van der Waals surface area (Å²) in [6.07, 6.45) is 5.40. The molecule has 1 aliphatic heterocycles. The molecule has 22 heavy (non-hydrogen) atoms. The summed E-state index contributed by atoms with van der Waals surface area (Å²) in [4.78, 5) is 25.8. The van der Waals surface area contributed by atoms with Gasteiger partial charge in [0.05, 0.1) is 12.2 Å². The summed E-state index contributed by atoms with van der Waals surface area (Å²) in [7, 11) is 1.86. The van der Waals surface area contributed by atoms with Crippen LogP contribution in [-0.2, 0) is 16.6 Å². The molecule has 1 aliphatic rings. The third-order valence-corrected chi connectivity index (χ3v) is 3.94. The molecule has 0 unspecified atom stereocenters. The number of nitrogens with zero attached hydrogens (tertiary/aromatic N) is 3. The molecular weight excluding hydrogens is 280 g/mol. The zero-order valence-electron chi connectivity index (χ0n) is 13.7. The van der Waals surface area contributed by atoms with E-state index in [2.05, 4.69) is 17.0 Å². The van der Waals surface area contributed by atoms with Crippen LogP contribution in [0.25, 0.3) is 0 Å². The van der Waals surface area contributed by atoms with Crippen LogP contribution in [0.5, 0.6) is 0 Å². The lowest BCUT2D eigenvalue weighted by atomic mass is 9.93. The highest BCUT2D eigenvalue weighted by molar-refractivity contribution is 5.87. The Morgan fingerprint density at radius 2 is 2.23 bits per heavy atom. The summed E-state index contributed by atoms with van der Waals surface area (Å²) in [5, 5.41) is 7.03. The Morgan fingerprint density at radius 3 is 2.73 bits per heavy atom. The van der Waals surface area contributed by atoms with E-state index in [0.29, 0.717) is 13.0 Å². The first-order valence-corrected chi connectivity index (χ1v) is 7.45. The predicted octanol–water partition coefficient (Wildman–Crippen LogP) is 1.41. The molecule has 2 heterocycles. The highest BCUT2D eigenvalue weighted by Gasteiger charge is 2.45. The standard InChI is InChI=1S/C16H24N4O2/c1-6-13(21)17-8-11-7-14(22)20(16(2,3)4)15(11)12-9-18-19(5)10-12/h6,9-11,15H,1,7-8H2,2-5H3,(H,17,21)/t11-,15+/m1/s1. The molecule has 2 rings (SSSR count). The fourth-order valence-electron chi connectivity index (χ4n) is 3.09. The topological polar surface area (TPSA) is 67.2 Å². The largest absolute Gasteiger partial charge is 0.352 e. The van der Waals surface area contributed by atoms with Gasteiger partial charge >= 0.3 is 0 Å². The van der Waals surface area contributed by atoms with Gasteiger partial charge in [-0.05, 0) is 26.8 Å². The van der Waals surface area contributed by atoms with Crippen molar-refractivity contribution in [1.29, 1.82) is 0 Å². The van der Waals surface area contributed by atoms with Gasteiger partial charge in [0.15, 0.2) is 0 Å². The second-order valence-electron chi connectivity index (χ2n) is 6.74. The fourth-order valence-corrected chi connectivity index (χ4v) is 3.09. The second-order valence-corrected chi connectivity index (χ2v) is 6.74. The Morgan fingerprint density at radius 1 is 1.55 bits per heavy atom. The normalized spacial score (nSPS) is 22.0. The number of carbonyl (C=O) groups excluding carboxylic acids is 2. The molecule has 1 saturated heterocycles. The number of aryl methyl sites for hydroxylation is 1. The quantitative estimate of drug-likeness (QED) is 0.855. The SMILES string of the molecule is C=CC(=O)NC[C@H]1CC(=O)N(C(C)(C)C)[C@@H]1c1cnn(C)c1. The van der Waals surface area contributed by atoms with E-state index in [1.165, 1.54) is 6.08 Å². The molecule has 0 bridgehead atoms. The Hall–Kier alpha value is -2.11. The number of amides is 2. The summed E-state index contributed by atoms with van der Waals surface area (Å²) in [6.45, 7) is 9.98. The number of carbonyl (C=O) groups is 2. The molecular formula is C16H24N4O2. The van der Waals surface area contributed by atoms with Gasteiger partial charge in [0.25, 0.3) is 0 Å². The van der Waals surface area contributed by atoms with Crippen molar-refractivity contribution in [2.75, 3.05) is 6.54 Å². The summed E-state index contributed by atoms with van der Waals surface area (Å²) in [5.74, 6) is -0.0781. The molecule has 0 radical (unpaired) electrons. The smallest absolute Gasteiger partial charge is 0.243 e. The van der Waals surface area contributed by atoms with E-state index in [4.69, 9.17) is 0 Å².